The number of halogens is 2. The number of carbonyl (C=O) groups excluding carboxylic acids is 1. The monoisotopic (exact) mass is 312 g/mol. The van der Waals surface area contributed by atoms with Gasteiger partial charge in [0.25, 0.3) is 0 Å². The maximum Gasteiger partial charge on any atom is 0.342 e. The largest absolute Gasteiger partial charge is 0.465 e. The van der Waals surface area contributed by atoms with Gasteiger partial charge in [0, 0.05) is 5.69 Å². The molecule has 4 nitrogen and oxygen atoms in total. The smallest absolute Gasteiger partial charge is 0.342 e. The van der Waals surface area contributed by atoms with Gasteiger partial charge in [-0.1, -0.05) is 29.9 Å². The van der Waals surface area contributed by atoms with Gasteiger partial charge in [-0.25, -0.2) is 14.2 Å². The number of benzene rings is 1. The van der Waals surface area contributed by atoms with E-state index in [9.17, 15) is 9.18 Å². The number of nitrogens with zero attached hydrogens (tertiary/aromatic N) is 1. The number of aryl methyl sites for hydroxylation is 1. The maximum absolute atomic E-state index is 14.0. The minimum atomic E-state index is -0.600. The molecule has 1 aromatic heterocycles. The van der Waals surface area contributed by atoms with E-state index < -0.39 is 11.8 Å². The molecule has 0 aliphatic carbocycles. The lowest BCUT2D eigenvalue weighted by Crippen LogP contribution is -2.09. The molecule has 0 saturated carbocycles. The van der Waals surface area contributed by atoms with E-state index >= 15 is 0 Å². The fraction of sp³-hybridized carbons (Fsp3) is 0.154. The minimum absolute atomic E-state index is 0.0154. The summed E-state index contributed by atoms with van der Waals surface area (Å²) < 4.78 is 18.6. The normalized spacial score (nSPS) is 10.4. The Kier molecular flexibility index (Phi) is 4.15. The van der Waals surface area contributed by atoms with Crippen molar-refractivity contribution in [1.82, 2.24) is 9.97 Å². The number of hydrogen-bond donors (Lipinski definition) is 1. The Bertz CT molecular complexity index is 746. The van der Waals surface area contributed by atoms with E-state index in [0.29, 0.717) is 5.69 Å². The first-order chi connectivity index (χ1) is 9.45. The molecule has 1 aromatic carbocycles. The van der Waals surface area contributed by atoms with Crippen LogP contribution in [-0.2, 0) is 4.74 Å². The Balaban J connectivity index is 2.64. The Hall–Kier alpha value is -1.79. The number of aromatic nitrogens is 2. The average Bonchev–Trinajstić information content (AvgIpc) is 2.40. The summed E-state index contributed by atoms with van der Waals surface area (Å²) in [5.41, 5.74) is 0.794. The van der Waals surface area contributed by atoms with Gasteiger partial charge in [-0.05, 0) is 19.1 Å². The predicted octanol–water partition coefficient (Wildman–Crippen LogP) is 3.69. The van der Waals surface area contributed by atoms with E-state index in [-0.39, 0.29) is 26.6 Å². The summed E-state index contributed by atoms with van der Waals surface area (Å²) in [6.07, 6.45) is 0. The third-order valence-electron chi connectivity index (χ3n) is 2.70. The van der Waals surface area contributed by atoms with E-state index in [1.807, 2.05) is 0 Å². The van der Waals surface area contributed by atoms with Gasteiger partial charge < -0.3 is 9.72 Å². The Labute approximate surface area is 124 Å². The number of rotatable bonds is 2. The Morgan fingerprint density at radius 2 is 2.20 bits per heavy atom. The van der Waals surface area contributed by atoms with Crippen molar-refractivity contribution in [2.75, 3.05) is 7.11 Å². The number of nitrogens with one attached hydrogen (secondary N) is 1. The van der Waals surface area contributed by atoms with Gasteiger partial charge in [0.2, 0.25) is 0 Å². The SMILES string of the molecule is COC(=O)c1c(C)[nH]c(-c2cccc(Cl)c2F)nc1=S. The van der Waals surface area contributed by atoms with Crippen molar-refractivity contribution in [3.05, 3.63) is 44.9 Å². The molecule has 1 heterocycles. The summed E-state index contributed by atoms with van der Waals surface area (Å²) in [6.45, 7) is 1.63. The zero-order chi connectivity index (χ0) is 14.9. The van der Waals surface area contributed by atoms with Crippen LogP contribution in [0.25, 0.3) is 11.4 Å². The number of esters is 1. The quantitative estimate of drug-likeness (QED) is 0.678. The molecule has 0 amide bonds. The summed E-state index contributed by atoms with van der Waals surface area (Å²) in [6, 6.07) is 4.56. The van der Waals surface area contributed by atoms with Crippen molar-refractivity contribution >= 4 is 29.8 Å². The van der Waals surface area contributed by atoms with Gasteiger partial charge in [0.1, 0.15) is 16.0 Å². The molecule has 0 radical (unpaired) electrons. The number of carbonyl (C=O) groups is 1. The van der Waals surface area contributed by atoms with E-state index in [1.165, 1.54) is 19.2 Å². The standard InChI is InChI=1S/C13H10ClFN2O2S/c1-6-9(13(18)19-2)12(20)17-11(16-6)7-4-3-5-8(14)10(7)15/h3-5H,1-2H3,(H,16,17,20). The van der Waals surface area contributed by atoms with Gasteiger partial charge >= 0.3 is 5.97 Å². The average molecular weight is 313 g/mol. The lowest BCUT2D eigenvalue weighted by Gasteiger charge is -2.08. The van der Waals surface area contributed by atoms with Crippen LogP contribution in [0.1, 0.15) is 16.1 Å². The Morgan fingerprint density at radius 1 is 1.50 bits per heavy atom. The second-order valence-electron chi connectivity index (χ2n) is 3.98. The van der Waals surface area contributed by atoms with Crippen LogP contribution in [0.3, 0.4) is 0 Å². The number of hydrogen-bond acceptors (Lipinski definition) is 4. The fourth-order valence-electron chi connectivity index (χ4n) is 1.74. The summed E-state index contributed by atoms with van der Waals surface area (Å²) in [5.74, 6) is -0.980. The zero-order valence-electron chi connectivity index (χ0n) is 10.7. The molecule has 1 N–H and O–H groups in total. The first-order valence-corrected chi connectivity index (χ1v) is 6.38. The van der Waals surface area contributed by atoms with Crippen LogP contribution in [0, 0.1) is 17.4 Å². The van der Waals surface area contributed by atoms with Crippen molar-refractivity contribution in [2.45, 2.75) is 6.92 Å². The third kappa shape index (κ3) is 2.57. The highest BCUT2D eigenvalue weighted by Crippen LogP contribution is 2.25. The van der Waals surface area contributed by atoms with Crippen molar-refractivity contribution in [3.8, 4) is 11.4 Å². The molecule has 7 heteroatoms. The third-order valence-corrected chi connectivity index (χ3v) is 3.29. The summed E-state index contributed by atoms with van der Waals surface area (Å²) in [5, 5.41) is -0.0154. The second kappa shape index (κ2) is 5.68. The van der Waals surface area contributed by atoms with Crippen LogP contribution >= 0.6 is 23.8 Å². The van der Waals surface area contributed by atoms with Crippen LogP contribution in [0.5, 0.6) is 0 Å². The number of methoxy groups -OCH3 is 1. The molecular weight excluding hydrogens is 303 g/mol. The fourth-order valence-corrected chi connectivity index (χ4v) is 2.24. The predicted molar refractivity (Wildman–Crippen MR) is 75.9 cm³/mol. The van der Waals surface area contributed by atoms with Gasteiger partial charge in [0.15, 0.2) is 5.82 Å². The highest BCUT2D eigenvalue weighted by Gasteiger charge is 2.17. The first-order valence-electron chi connectivity index (χ1n) is 5.59. The van der Waals surface area contributed by atoms with Gasteiger partial charge in [-0.2, -0.15) is 0 Å². The lowest BCUT2D eigenvalue weighted by atomic mass is 10.1. The van der Waals surface area contributed by atoms with E-state index in [2.05, 4.69) is 14.7 Å². The minimum Gasteiger partial charge on any atom is -0.465 e. The molecular formula is C13H10ClFN2O2S. The van der Waals surface area contributed by atoms with Crippen molar-refractivity contribution in [3.63, 3.8) is 0 Å². The molecule has 0 atom stereocenters. The summed E-state index contributed by atoms with van der Waals surface area (Å²) in [7, 11) is 1.25. The van der Waals surface area contributed by atoms with Crippen LogP contribution in [-0.4, -0.2) is 23.0 Å². The van der Waals surface area contributed by atoms with E-state index in [4.69, 9.17) is 23.8 Å². The molecule has 2 rings (SSSR count). The number of ether oxygens (including phenoxy) is 1. The number of H-pyrrole nitrogens is 1. The molecule has 104 valence electrons. The molecule has 0 aliphatic rings. The van der Waals surface area contributed by atoms with Gasteiger partial charge in [-0.15, -0.1) is 0 Å². The first kappa shape index (κ1) is 14.6. The van der Waals surface area contributed by atoms with Gasteiger partial charge in [0.05, 0.1) is 17.7 Å². The van der Waals surface area contributed by atoms with Crippen LogP contribution in [0.2, 0.25) is 5.02 Å². The van der Waals surface area contributed by atoms with Crippen molar-refractivity contribution < 1.29 is 13.9 Å². The summed E-state index contributed by atoms with van der Waals surface area (Å²) >= 11 is 10.8. The highest BCUT2D eigenvalue weighted by atomic mass is 35.5. The molecule has 0 bridgehead atoms. The van der Waals surface area contributed by atoms with Crippen molar-refractivity contribution in [2.24, 2.45) is 0 Å². The Morgan fingerprint density at radius 3 is 2.80 bits per heavy atom. The van der Waals surface area contributed by atoms with Crippen LogP contribution < -0.4 is 0 Å². The van der Waals surface area contributed by atoms with E-state index in [1.54, 1.807) is 13.0 Å². The molecule has 0 unspecified atom stereocenters. The molecule has 20 heavy (non-hydrogen) atoms. The van der Waals surface area contributed by atoms with Gasteiger partial charge in [-0.3, -0.25) is 0 Å². The molecule has 0 fully saturated rings. The molecule has 0 aliphatic heterocycles. The maximum atomic E-state index is 14.0. The lowest BCUT2D eigenvalue weighted by molar-refractivity contribution is 0.0598. The number of aromatic amines is 1. The van der Waals surface area contributed by atoms with Crippen molar-refractivity contribution in [1.29, 1.82) is 0 Å². The zero-order valence-corrected chi connectivity index (χ0v) is 12.2. The topological polar surface area (TPSA) is 55.0 Å². The van der Waals surface area contributed by atoms with E-state index in [0.717, 1.165) is 0 Å². The van der Waals surface area contributed by atoms with Crippen LogP contribution in [0.4, 0.5) is 4.39 Å². The molecule has 0 spiro atoms. The molecule has 0 saturated heterocycles. The highest BCUT2D eigenvalue weighted by molar-refractivity contribution is 7.71. The summed E-state index contributed by atoms with van der Waals surface area (Å²) in [4.78, 5) is 18.5. The van der Waals surface area contributed by atoms with Crippen LogP contribution in [0.15, 0.2) is 18.2 Å². The second-order valence-corrected chi connectivity index (χ2v) is 4.78. The molecule has 2 aromatic rings.